The van der Waals surface area contributed by atoms with Gasteiger partial charge in [-0.2, -0.15) is 0 Å². The summed E-state index contributed by atoms with van der Waals surface area (Å²) in [5.74, 6) is 0.684. The molecule has 0 fully saturated rings. The standard InChI is InChI=1S/C16H19FN2O/c1-11(2)15-7-12(10-20)8-16(18-15)19(3)14-6-4-5-13(17)9-14/h4-9,11,20H,10H2,1-3H3. The zero-order valence-electron chi connectivity index (χ0n) is 12.0. The molecule has 0 aliphatic rings. The van der Waals surface area contributed by atoms with Crippen molar-refractivity contribution in [2.45, 2.75) is 26.4 Å². The third-order valence-corrected chi connectivity index (χ3v) is 3.20. The quantitative estimate of drug-likeness (QED) is 0.925. The molecule has 106 valence electrons. The maximum Gasteiger partial charge on any atom is 0.133 e. The van der Waals surface area contributed by atoms with Crippen LogP contribution < -0.4 is 4.90 Å². The molecule has 3 nitrogen and oxygen atoms in total. The van der Waals surface area contributed by atoms with E-state index in [0.29, 0.717) is 5.82 Å². The predicted octanol–water partition coefficient (Wildman–Crippen LogP) is 3.60. The van der Waals surface area contributed by atoms with Gasteiger partial charge in [0.05, 0.1) is 6.61 Å². The van der Waals surface area contributed by atoms with E-state index < -0.39 is 0 Å². The molecule has 0 spiro atoms. The Kier molecular flexibility index (Phi) is 4.35. The minimum atomic E-state index is -0.281. The van der Waals surface area contributed by atoms with Gasteiger partial charge in [-0.1, -0.05) is 19.9 Å². The molecule has 0 amide bonds. The van der Waals surface area contributed by atoms with Crippen LogP contribution in [0.4, 0.5) is 15.9 Å². The van der Waals surface area contributed by atoms with Gasteiger partial charge in [-0.3, -0.25) is 0 Å². The summed E-state index contributed by atoms with van der Waals surface area (Å²) >= 11 is 0. The SMILES string of the molecule is CC(C)c1cc(CO)cc(N(C)c2cccc(F)c2)n1. The van der Waals surface area contributed by atoms with Crippen molar-refractivity contribution in [2.75, 3.05) is 11.9 Å². The number of anilines is 2. The largest absolute Gasteiger partial charge is 0.392 e. The summed E-state index contributed by atoms with van der Waals surface area (Å²) in [7, 11) is 1.84. The first-order valence-corrected chi connectivity index (χ1v) is 6.62. The minimum absolute atomic E-state index is 0.0355. The van der Waals surface area contributed by atoms with E-state index in [9.17, 15) is 9.50 Å². The average molecular weight is 274 g/mol. The van der Waals surface area contributed by atoms with E-state index in [-0.39, 0.29) is 18.3 Å². The van der Waals surface area contributed by atoms with Crippen molar-refractivity contribution < 1.29 is 9.50 Å². The van der Waals surface area contributed by atoms with Crippen LogP contribution in [0.1, 0.15) is 31.0 Å². The first-order valence-electron chi connectivity index (χ1n) is 6.62. The van der Waals surface area contributed by atoms with Gasteiger partial charge in [0.15, 0.2) is 0 Å². The van der Waals surface area contributed by atoms with Crippen molar-refractivity contribution in [2.24, 2.45) is 0 Å². The van der Waals surface area contributed by atoms with Crippen molar-refractivity contribution >= 4 is 11.5 Å². The lowest BCUT2D eigenvalue weighted by molar-refractivity contribution is 0.281. The topological polar surface area (TPSA) is 36.4 Å². The van der Waals surface area contributed by atoms with Crippen LogP contribution in [-0.2, 0) is 6.61 Å². The molecule has 1 aromatic carbocycles. The van der Waals surface area contributed by atoms with Gasteiger partial charge in [0.25, 0.3) is 0 Å². The average Bonchev–Trinajstić information content (AvgIpc) is 2.45. The lowest BCUT2D eigenvalue weighted by Gasteiger charge is -2.20. The second-order valence-corrected chi connectivity index (χ2v) is 5.11. The van der Waals surface area contributed by atoms with E-state index in [2.05, 4.69) is 18.8 Å². The Hall–Kier alpha value is -1.94. The van der Waals surface area contributed by atoms with Gasteiger partial charge in [0.1, 0.15) is 11.6 Å². The van der Waals surface area contributed by atoms with Crippen LogP contribution in [0.15, 0.2) is 36.4 Å². The van der Waals surface area contributed by atoms with Crippen molar-refractivity contribution in [1.29, 1.82) is 0 Å². The highest BCUT2D eigenvalue weighted by molar-refractivity contribution is 5.59. The number of pyridine rings is 1. The van der Waals surface area contributed by atoms with E-state index in [1.807, 2.05) is 30.1 Å². The molecule has 0 bridgehead atoms. The van der Waals surface area contributed by atoms with Crippen LogP contribution >= 0.6 is 0 Å². The van der Waals surface area contributed by atoms with Crippen molar-refractivity contribution in [3.8, 4) is 0 Å². The molecular formula is C16H19FN2O. The van der Waals surface area contributed by atoms with Gasteiger partial charge in [0, 0.05) is 18.4 Å². The fourth-order valence-corrected chi connectivity index (χ4v) is 1.97. The molecule has 1 N–H and O–H groups in total. The highest BCUT2D eigenvalue weighted by atomic mass is 19.1. The van der Waals surface area contributed by atoms with Crippen LogP contribution in [0.25, 0.3) is 0 Å². The molecule has 20 heavy (non-hydrogen) atoms. The van der Waals surface area contributed by atoms with Gasteiger partial charge < -0.3 is 10.0 Å². The number of rotatable bonds is 4. The van der Waals surface area contributed by atoms with E-state index >= 15 is 0 Å². The van der Waals surface area contributed by atoms with Crippen LogP contribution in [0.5, 0.6) is 0 Å². The second-order valence-electron chi connectivity index (χ2n) is 5.11. The number of halogens is 1. The molecule has 0 saturated heterocycles. The van der Waals surface area contributed by atoms with Crippen LogP contribution in [-0.4, -0.2) is 17.1 Å². The lowest BCUT2D eigenvalue weighted by Crippen LogP contribution is -2.13. The first-order chi connectivity index (χ1) is 9.51. The van der Waals surface area contributed by atoms with Gasteiger partial charge in [-0.25, -0.2) is 9.37 Å². The molecule has 0 aliphatic carbocycles. The van der Waals surface area contributed by atoms with Crippen LogP contribution in [0.3, 0.4) is 0 Å². The fourth-order valence-electron chi connectivity index (χ4n) is 1.97. The normalized spacial score (nSPS) is 10.9. The van der Waals surface area contributed by atoms with Crippen molar-refractivity contribution in [3.05, 3.63) is 53.5 Å². The Balaban J connectivity index is 2.43. The number of aliphatic hydroxyl groups excluding tert-OH is 1. The fraction of sp³-hybridized carbons (Fsp3) is 0.312. The van der Waals surface area contributed by atoms with E-state index in [1.165, 1.54) is 12.1 Å². The molecule has 0 saturated carbocycles. The maximum atomic E-state index is 13.3. The first kappa shape index (κ1) is 14.5. The Labute approximate surface area is 118 Å². The zero-order valence-corrected chi connectivity index (χ0v) is 12.0. The number of benzene rings is 1. The lowest BCUT2D eigenvalue weighted by atomic mass is 10.1. The number of aliphatic hydroxyl groups is 1. The molecular weight excluding hydrogens is 255 g/mol. The van der Waals surface area contributed by atoms with E-state index in [1.54, 1.807) is 6.07 Å². The van der Waals surface area contributed by atoms with Gasteiger partial charge in [-0.15, -0.1) is 0 Å². The van der Waals surface area contributed by atoms with Gasteiger partial charge in [-0.05, 0) is 41.8 Å². The van der Waals surface area contributed by atoms with E-state index in [0.717, 1.165) is 16.9 Å². The van der Waals surface area contributed by atoms with Crippen LogP contribution in [0, 0.1) is 5.82 Å². The summed E-state index contributed by atoms with van der Waals surface area (Å²) in [4.78, 5) is 6.39. The number of hydrogen-bond acceptors (Lipinski definition) is 3. The molecule has 0 aliphatic heterocycles. The Morgan fingerprint density at radius 3 is 2.60 bits per heavy atom. The summed E-state index contributed by atoms with van der Waals surface area (Å²) in [5.41, 5.74) is 2.44. The van der Waals surface area contributed by atoms with E-state index in [4.69, 9.17) is 0 Å². The molecule has 1 aromatic heterocycles. The monoisotopic (exact) mass is 274 g/mol. The molecule has 1 heterocycles. The Bertz CT molecular complexity index is 599. The Morgan fingerprint density at radius 1 is 1.25 bits per heavy atom. The number of hydrogen-bond donors (Lipinski definition) is 1. The third kappa shape index (κ3) is 3.14. The summed E-state index contributed by atoms with van der Waals surface area (Å²) in [6.45, 7) is 4.07. The Morgan fingerprint density at radius 2 is 2.00 bits per heavy atom. The summed E-state index contributed by atoms with van der Waals surface area (Å²) in [6, 6.07) is 10.1. The molecule has 4 heteroatoms. The molecule has 0 radical (unpaired) electrons. The van der Waals surface area contributed by atoms with Crippen LogP contribution in [0.2, 0.25) is 0 Å². The predicted molar refractivity (Wildman–Crippen MR) is 78.7 cm³/mol. The zero-order chi connectivity index (χ0) is 14.7. The molecule has 0 unspecified atom stereocenters. The van der Waals surface area contributed by atoms with Crippen molar-refractivity contribution in [3.63, 3.8) is 0 Å². The summed E-state index contributed by atoms with van der Waals surface area (Å²) in [6.07, 6.45) is 0. The molecule has 2 aromatic rings. The van der Waals surface area contributed by atoms with Gasteiger partial charge >= 0.3 is 0 Å². The number of aromatic nitrogens is 1. The summed E-state index contributed by atoms with van der Waals surface area (Å²) in [5, 5.41) is 9.36. The highest BCUT2D eigenvalue weighted by Crippen LogP contribution is 2.25. The third-order valence-electron chi connectivity index (χ3n) is 3.20. The van der Waals surface area contributed by atoms with Gasteiger partial charge in [0.2, 0.25) is 0 Å². The summed E-state index contributed by atoms with van der Waals surface area (Å²) < 4.78 is 13.3. The highest BCUT2D eigenvalue weighted by Gasteiger charge is 2.11. The molecule has 2 rings (SSSR count). The smallest absolute Gasteiger partial charge is 0.133 e. The maximum absolute atomic E-state index is 13.3. The minimum Gasteiger partial charge on any atom is -0.392 e. The van der Waals surface area contributed by atoms with Crippen molar-refractivity contribution in [1.82, 2.24) is 4.98 Å². The second kappa shape index (κ2) is 6.01. The number of nitrogens with zero attached hydrogens (tertiary/aromatic N) is 2. The molecule has 0 atom stereocenters.